The molecule has 5 heteroatoms. The smallest absolute Gasteiger partial charge is 0.298 e. The Morgan fingerprint density at radius 2 is 1.45 bits per heavy atom. The van der Waals surface area contributed by atoms with Crippen molar-refractivity contribution in [3.05, 3.63) is 35.9 Å². The molecule has 0 aliphatic heterocycles. The van der Waals surface area contributed by atoms with Crippen molar-refractivity contribution in [2.45, 2.75) is 58.5 Å². The number of hydrogen-bond donors (Lipinski definition) is 0. The zero-order valence-electron chi connectivity index (χ0n) is 13.1. The predicted octanol–water partition coefficient (Wildman–Crippen LogP) is 5.61. The summed E-state index contributed by atoms with van der Waals surface area (Å²) in [6, 6.07) is 9.99. The van der Waals surface area contributed by atoms with Crippen LogP contribution in [-0.4, -0.2) is 12.2 Å². The standard InChI is InChI=1S/C15H25O3PS/c1-12(2)17-19(16,18-13(3)4)20-15(5,6)14-10-8-7-9-11-14/h7-13H,1-6H3. The Morgan fingerprint density at radius 1 is 1.00 bits per heavy atom. The second-order valence-electron chi connectivity index (χ2n) is 5.72. The van der Waals surface area contributed by atoms with Gasteiger partial charge < -0.3 is 0 Å². The lowest BCUT2D eigenvalue weighted by Gasteiger charge is -2.30. The van der Waals surface area contributed by atoms with Crippen molar-refractivity contribution in [3.63, 3.8) is 0 Å². The highest BCUT2D eigenvalue weighted by Gasteiger charge is 2.37. The molecule has 0 saturated heterocycles. The lowest BCUT2D eigenvalue weighted by atomic mass is 10.0. The highest BCUT2D eigenvalue weighted by molar-refractivity contribution is 8.55. The summed E-state index contributed by atoms with van der Waals surface area (Å²) in [5.41, 5.74) is 1.10. The summed E-state index contributed by atoms with van der Waals surface area (Å²) < 4.78 is 23.8. The molecule has 0 bridgehead atoms. The number of hydrogen-bond acceptors (Lipinski definition) is 4. The van der Waals surface area contributed by atoms with E-state index in [1.54, 1.807) is 0 Å². The van der Waals surface area contributed by atoms with Gasteiger partial charge in [0.2, 0.25) is 0 Å². The van der Waals surface area contributed by atoms with Crippen LogP contribution in [0.15, 0.2) is 30.3 Å². The van der Waals surface area contributed by atoms with Crippen LogP contribution in [0.25, 0.3) is 0 Å². The van der Waals surface area contributed by atoms with E-state index < -0.39 is 6.80 Å². The van der Waals surface area contributed by atoms with E-state index in [9.17, 15) is 4.57 Å². The largest absolute Gasteiger partial charge is 0.390 e. The molecule has 0 saturated carbocycles. The molecule has 20 heavy (non-hydrogen) atoms. The van der Waals surface area contributed by atoms with Gasteiger partial charge in [0.1, 0.15) is 0 Å². The minimum atomic E-state index is -3.20. The van der Waals surface area contributed by atoms with Crippen molar-refractivity contribution in [1.82, 2.24) is 0 Å². The molecule has 0 aliphatic carbocycles. The Morgan fingerprint density at radius 3 is 1.85 bits per heavy atom. The van der Waals surface area contributed by atoms with Crippen molar-refractivity contribution >= 4 is 18.2 Å². The number of rotatable bonds is 7. The van der Waals surface area contributed by atoms with Crippen LogP contribution in [0.2, 0.25) is 0 Å². The quantitative estimate of drug-likeness (QED) is 0.612. The van der Waals surface area contributed by atoms with Crippen LogP contribution in [0.5, 0.6) is 0 Å². The van der Waals surface area contributed by atoms with Gasteiger partial charge in [-0.2, -0.15) is 0 Å². The van der Waals surface area contributed by atoms with Crippen LogP contribution in [0.1, 0.15) is 47.1 Å². The third kappa shape index (κ3) is 5.61. The van der Waals surface area contributed by atoms with Crippen molar-refractivity contribution < 1.29 is 13.6 Å². The van der Waals surface area contributed by atoms with Gasteiger partial charge in [0.05, 0.1) is 12.2 Å². The van der Waals surface area contributed by atoms with Gasteiger partial charge in [-0.25, -0.2) is 4.57 Å². The summed E-state index contributed by atoms with van der Waals surface area (Å²) in [4.78, 5) is 0. The molecule has 114 valence electrons. The van der Waals surface area contributed by atoms with E-state index in [1.807, 2.05) is 71.9 Å². The second kappa shape index (κ2) is 7.13. The summed E-state index contributed by atoms with van der Waals surface area (Å²) >= 11 is 1.27. The third-order valence-electron chi connectivity index (χ3n) is 2.49. The van der Waals surface area contributed by atoms with Crippen LogP contribution in [0, 0.1) is 0 Å². The summed E-state index contributed by atoms with van der Waals surface area (Å²) in [7, 11) is 0. The molecule has 0 N–H and O–H groups in total. The minimum absolute atomic E-state index is 0.140. The van der Waals surface area contributed by atoms with Crippen molar-refractivity contribution in [2.24, 2.45) is 0 Å². The molecule has 0 spiro atoms. The van der Waals surface area contributed by atoms with Crippen LogP contribution in [-0.2, 0) is 18.4 Å². The van der Waals surface area contributed by atoms with Gasteiger partial charge >= 0.3 is 6.80 Å². The number of benzene rings is 1. The maximum absolute atomic E-state index is 12.9. The molecule has 1 rings (SSSR count). The Balaban J connectivity index is 2.97. The van der Waals surface area contributed by atoms with E-state index in [0.29, 0.717) is 0 Å². The normalized spacial score (nSPS) is 13.2. The van der Waals surface area contributed by atoms with Gasteiger partial charge in [0.25, 0.3) is 0 Å². The minimum Gasteiger partial charge on any atom is -0.298 e. The molecule has 0 heterocycles. The Hall–Kier alpha value is -0.280. The molecule has 0 fully saturated rings. The highest BCUT2D eigenvalue weighted by atomic mass is 32.7. The van der Waals surface area contributed by atoms with E-state index in [2.05, 4.69) is 0 Å². The van der Waals surface area contributed by atoms with Crippen LogP contribution >= 0.6 is 18.2 Å². The summed E-state index contributed by atoms with van der Waals surface area (Å²) in [5.74, 6) is 0. The fourth-order valence-electron chi connectivity index (χ4n) is 1.76. The summed E-state index contributed by atoms with van der Waals surface area (Å²) in [6.45, 7) is 8.34. The second-order valence-corrected chi connectivity index (χ2v) is 10.1. The molecular formula is C15H25O3PS. The van der Waals surface area contributed by atoms with Gasteiger partial charge in [0, 0.05) is 4.75 Å². The lowest BCUT2D eigenvalue weighted by Crippen LogP contribution is -2.15. The summed E-state index contributed by atoms with van der Waals surface area (Å²) in [6.07, 6.45) is -0.280. The maximum atomic E-state index is 12.9. The van der Waals surface area contributed by atoms with Crippen LogP contribution < -0.4 is 0 Å². The molecule has 0 aliphatic rings. The first-order valence-corrected chi connectivity index (χ1v) is 9.84. The van der Waals surface area contributed by atoms with Gasteiger partial charge in [0.15, 0.2) is 0 Å². The Bertz CT molecular complexity index is 443. The summed E-state index contributed by atoms with van der Waals surface area (Å²) in [5, 5.41) is 0. The first-order chi connectivity index (χ1) is 9.15. The van der Waals surface area contributed by atoms with Crippen molar-refractivity contribution in [2.75, 3.05) is 0 Å². The van der Waals surface area contributed by atoms with Crippen molar-refractivity contribution in [1.29, 1.82) is 0 Å². The van der Waals surface area contributed by atoms with Crippen molar-refractivity contribution in [3.8, 4) is 0 Å². The van der Waals surface area contributed by atoms with Gasteiger partial charge in [-0.15, -0.1) is 0 Å². The highest BCUT2D eigenvalue weighted by Crippen LogP contribution is 2.68. The monoisotopic (exact) mass is 316 g/mol. The average molecular weight is 316 g/mol. The van der Waals surface area contributed by atoms with Gasteiger partial charge in [-0.1, -0.05) is 30.3 Å². The predicted molar refractivity (Wildman–Crippen MR) is 87.1 cm³/mol. The molecule has 3 nitrogen and oxygen atoms in total. The topological polar surface area (TPSA) is 35.5 Å². The first-order valence-electron chi connectivity index (χ1n) is 6.88. The van der Waals surface area contributed by atoms with Gasteiger partial charge in [-0.3, -0.25) is 9.05 Å². The average Bonchev–Trinajstić information content (AvgIpc) is 2.26. The van der Waals surface area contributed by atoms with Crippen LogP contribution in [0.4, 0.5) is 0 Å². The van der Waals surface area contributed by atoms with E-state index in [-0.39, 0.29) is 17.0 Å². The molecule has 0 aromatic heterocycles. The SMILES string of the molecule is CC(C)OP(=O)(OC(C)C)SC(C)(C)c1ccccc1. The van der Waals surface area contributed by atoms with E-state index in [4.69, 9.17) is 9.05 Å². The fourth-order valence-corrected chi connectivity index (χ4v) is 7.01. The molecule has 0 radical (unpaired) electrons. The van der Waals surface area contributed by atoms with E-state index in [1.165, 1.54) is 11.4 Å². The fraction of sp³-hybridized carbons (Fsp3) is 0.600. The van der Waals surface area contributed by atoms with E-state index >= 15 is 0 Å². The molecule has 0 amide bonds. The third-order valence-corrected chi connectivity index (χ3v) is 7.32. The molecule has 1 aromatic carbocycles. The zero-order valence-corrected chi connectivity index (χ0v) is 14.8. The van der Waals surface area contributed by atoms with E-state index in [0.717, 1.165) is 5.56 Å². The Kier molecular flexibility index (Phi) is 6.33. The van der Waals surface area contributed by atoms with Crippen LogP contribution in [0.3, 0.4) is 0 Å². The molecule has 0 unspecified atom stereocenters. The lowest BCUT2D eigenvalue weighted by molar-refractivity contribution is 0.155. The molecule has 1 aromatic rings. The zero-order chi connectivity index (χ0) is 15.4. The Labute approximate surface area is 126 Å². The molecular weight excluding hydrogens is 291 g/mol. The maximum Gasteiger partial charge on any atom is 0.390 e. The van der Waals surface area contributed by atoms with Gasteiger partial charge in [-0.05, 0) is 58.5 Å². The molecule has 0 atom stereocenters. The first kappa shape index (κ1) is 17.8.